The summed E-state index contributed by atoms with van der Waals surface area (Å²) < 4.78 is 2.88. The quantitative estimate of drug-likeness (QED) is 0.679. The van der Waals surface area contributed by atoms with Gasteiger partial charge in [0, 0.05) is 0 Å². The molecule has 3 rings (SSSR count). The number of aromatic nitrogens is 1. The molecule has 1 heterocycles. The fraction of sp³-hybridized carbons (Fsp3) is 0.235. The topological polar surface area (TPSA) is 22.0 Å². The summed E-state index contributed by atoms with van der Waals surface area (Å²) in [6.07, 6.45) is 0. The van der Waals surface area contributed by atoms with Crippen LogP contribution in [0.15, 0.2) is 47.3 Å². The predicted octanol–water partition coefficient (Wildman–Crippen LogP) is 4.48. The third kappa shape index (κ3) is 1.98. The molecular weight excluding hydrogens is 266 g/mol. The minimum Gasteiger partial charge on any atom is -0.267 e. The molecule has 2 nitrogen and oxygen atoms in total. The molecule has 0 aliphatic heterocycles. The maximum absolute atomic E-state index is 12.6. The van der Waals surface area contributed by atoms with E-state index in [4.69, 9.17) is 0 Å². The highest BCUT2D eigenvalue weighted by Gasteiger charge is 2.15. The van der Waals surface area contributed by atoms with Crippen LogP contribution >= 0.6 is 11.5 Å². The van der Waals surface area contributed by atoms with Gasteiger partial charge in [0.15, 0.2) is 0 Å². The number of benzene rings is 2. The average Bonchev–Trinajstić information content (AvgIpc) is 2.76. The molecule has 0 spiro atoms. The van der Waals surface area contributed by atoms with Crippen molar-refractivity contribution in [2.24, 2.45) is 0 Å². The van der Waals surface area contributed by atoms with Crippen molar-refractivity contribution in [1.82, 2.24) is 3.96 Å². The van der Waals surface area contributed by atoms with Crippen molar-refractivity contribution < 1.29 is 0 Å². The van der Waals surface area contributed by atoms with Crippen molar-refractivity contribution in [1.29, 1.82) is 0 Å². The van der Waals surface area contributed by atoms with E-state index in [0.29, 0.717) is 5.92 Å². The largest absolute Gasteiger partial charge is 0.273 e. The van der Waals surface area contributed by atoms with E-state index in [0.717, 1.165) is 21.3 Å². The Morgan fingerprint density at radius 2 is 1.80 bits per heavy atom. The molecule has 0 atom stereocenters. The monoisotopic (exact) mass is 283 g/mol. The minimum absolute atomic E-state index is 0.0850. The number of rotatable bonds is 2. The summed E-state index contributed by atoms with van der Waals surface area (Å²) in [6, 6.07) is 14.0. The van der Waals surface area contributed by atoms with Crippen molar-refractivity contribution in [3.8, 4) is 5.69 Å². The second-order valence-corrected chi connectivity index (χ2v) is 6.34. The summed E-state index contributed by atoms with van der Waals surface area (Å²) in [7, 11) is 0. The van der Waals surface area contributed by atoms with Crippen molar-refractivity contribution in [2.75, 3.05) is 0 Å². The van der Waals surface area contributed by atoms with Gasteiger partial charge in [-0.25, -0.2) is 3.96 Å². The number of para-hydroxylation sites is 1. The van der Waals surface area contributed by atoms with Gasteiger partial charge in [0.2, 0.25) is 0 Å². The molecule has 0 fully saturated rings. The molecule has 0 amide bonds. The highest BCUT2D eigenvalue weighted by Crippen LogP contribution is 2.28. The number of hydrogen-bond acceptors (Lipinski definition) is 2. The Kier molecular flexibility index (Phi) is 3.22. The van der Waals surface area contributed by atoms with Gasteiger partial charge in [0.1, 0.15) is 0 Å². The lowest BCUT2D eigenvalue weighted by atomic mass is 9.98. The van der Waals surface area contributed by atoms with Crippen molar-refractivity contribution in [2.45, 2.75) is 26.7 Å². The molecule has 3 heteroatoms. The number of nitrogens with zero attached hydrogens (tertiary/aromatic N) is 1. The fourth-order valence-electron chi connectivity index (χ4n) is 2.54. The first-order valence-electron chi connectivity index (χ1n) is 6.80. The van der Waals surface area contributed by atoms with Crippen LogP contribution in [0.5, 0.6) is 0 Å². The molecule has 0 radical (unpaired) electrons. The van der Waals surface area contributed by atoms with Crippen LogP contribution in [0.2, 0.25) is 0 Å². The first kappa shape index (κ1) is 13.1. The Morgan fingerprint density at radius 3 is 2.50 bits per heavy atom. The van der Waals surface area contributed by atoms with Crippen molar-refractivity contribution in [3.05, 3.63) is 63.9 Å². The Balaban J connectivity index is 2.37. The summed E-state index contributed by atoms with van der Waals surface area (Å²) in [5, 5.41) is 0.801. The summed E-state index contributed by atoms with van der Waals surface area (Å²) >= 11 is 1.53. The van der Waals surface area contributed by atoms with E-state index in [1.165, 1.54) is 17.1 Å². The normalized spacial score (nSPS) is 11.4. The first-order chi connectivity index (χ1) is 9.59. The van der Waals surface area contributed by atoms with Gasteiger partial charge >= 0.3 is 0 Å². The van der Waals surface area contributed by atoms with Gasteiger partial charge in [-0.3, -0.25) is 4.79 Å². The smallest absolute Gasteiger partial charge is 0.267 e. The molecule has 2 aromatic carbocycles. The van der Waals surface area contributed by atoms with Crippen LogP contribution < -0.4 is 5.56 Å². The predicted molar refractivity (Wildman–Crippen MR) is 86.2 cm³/mol. The molecule has 0 unspecified atom stereocenters. The van der Waals surface area contributed by atoms with Crippen LogP contribution in [0.3, 0.4) is 0 Å². The van der Waals surface area contributed by atoms with E-state index < -0.39 is 0 Å². The van der Waals surface area contributed by atoms with Crippen LogP contribution in [0, 0.1) is 6.92 Å². The molecule has 0 N–H and O–H groups in total. The molecule has 0 aliphatic carbocycles. The van der Waals surface area contributed by atoms with E-state index in [2.05, 4.69) is 39.0 Å². The summed E-state index contributed by atoms with van der Waals surface area (Å²) in [5.74, 6) is 0.391. The Labute approximate surface area is 122 Å². The molecule has 20 heavy (non-hydrogen) atoms. The fourth-order valence-corrected chi connectivity index (χ4v) is 3.66. The van der Waals surface area contributed by atoms with Crippen molar-refractivity contribution >= 4 is 21.6 Å². The molecule has 0 aliphatic rings. The van der Waals surface area contributed by atoms with E-state index in [-0.39, 0.29) is 5.56 Å². The Hall–Kier alpha value is -1.87. The van der Waals surface area contributed by atoms with Gasteiger partial charge < -0.3 is 0 Å². The lowest BCUT2D eigenvalue weighted by Crippen LogP contribution is -2.14. The maximum atomic E-state index is 12.6. The van der Waals surface area contributed by atoms with E-state index in [1.54, 1.807) is 0 Å². The SMILES string of the molecule is Cc1cccc(C(C)C)c1-n1sc2ccccc2c1=O. The molecule has 102 valence electrons. The van der Waals surface area contributed by atoms with Crippen LogP contribution in [0.4, 0.5) is 0 Å². The van der Waals surface area contributed by atoms with Crippen LogP contribution in [0.25, 0.3) is 15.8 Å². The maximum Gasteiger partial charge on any atom is 0.273 e. The molecular formula is C17H17NOS. The van der Waals surface area contributed by atoms with Gasteiger partial charge in [0.05, 0.1) is 15.8 Å². The average molecular weight is 283 g/mol. The number of hydrogen-bond donors (Lipinski definition) is 0. The number of aryl methyl sites for hydroxylation is 1. The highest BCUT2D eigenvalue weighted by molar-refractivity contribution is 7.14. The Bertz CT molecular complexity index is 826. The highest BCUT2D eigenvalue weighted by atomic mass is 32.1. The molecule has 0 bridgehead atoms. The second-order valence-electron chi connectivity index (χ2n) is 5.35. The summed E-state index contributed by atoms with van der Waals surface area (Å²) in [5.41, 5.74) is 3.50. The van der Waals surface area contributed by atoms with Gasteiger partial charge in [0.25, 0.3) is 5.56 Å². The number of fused-ring (bicyclic) bond motifs is 1. The Morgan fingerprint density at radius 1 is 1.05 bits per heavy atom. The minimum atomic E-state index is 0.0850. The lowest BCUT2D eigenvalue weighted by molar-refractivity contribution is 0.849. The molecule has 3 aromatic rings. The zero-order valence-corrected chi connectivity index (χ0v) is 12.7. The zero-order chi connectivity index (χ0) is 14.3. The van der Waals surface area contributed by atoms with E-state index in [1.807, 2.05) is 28.2 Å². The van der Waals surface area contributed by atoms with Gasteiger partial charge in [-0.15, -0.1) is 0 Å². The van der Waals surface area contributed by atoms with Crippen molar-refractivity contribution in [3.63, 3.8) is 0 Å². The first-order valence-corrected chi connectivity index (χ1v) is 7.58. The summed E-state index contributed by atoms with van der Waals surface area (Å²) in [6.45, 7) is 6.39. The van der Waals surface area contributed by atoms with Crippen LogP contribution in [0.1, 0.15) is 30.9 Å². The molecule has 1 aromatic heterocycles. The van der Waals surface area contributed by atoms with E-state index >= 15 is 0 Å². The zero-order valence-electron chi connectivity index (χ0n) is 11.9. The third-order valence-corrected chi connectivity index (χ3v) is 4.67. The van der Waals surface area contributed by atoms with Gasteiger partial charge in [-0.2, -0.15) is 0 Å². The molecule has 0 saturated heterocycles. The summed E-state index contributed by atoms with van der Waals surface area (Å²) in [4.78, 5) is 12.6. The third-order valence-electron chi connectivity index (χ3n) is 3.59. The van der Waals surface area contributed by atoms with Gasteiger partial charge in [-0.05, 0) is 36.1 Å². The standard InChI is InChI=1S/C17H17NOS/c1-11(2)13-9-6-7-12(3)16(13)18-17(19)14-8-4-5-10-15(14)20-18/h4-11H,1-3H3. The lowest BCUT2D eigenvalue weighted by Gasteiger charge is -2.14. The van der Waals surface area contributed by atoms with Crippen LogP contribution in [-0.2, 0) is 0 Å². The van der Waals surface area contributed by atoms with Gasteiger partial charge in [-0.1, -0.05) is 55.7 Å². The molecule has 0 saturated carbocycles. The second kappa shape index (κ2) is 4.91. The van der Waals surface area contributed by atoms with E-state index in [9.17, 15) is 4.79 Å². The van der Waals surface area contributed by atoms with Crippen LogP contribution in [-0.4, -0.2) is 3.96 Å².